The molecule has 1 heterocycles. The summed E-state index contributed by atoms with van der Waals surface area (Å²) in [5, 5.41) is 12.7. The third kappa shape index (κ3) is 4.11. The van der Waals surface area contributed by atoms with Gasteiger partial charge in [0.25, 0.3) is 5.91 Å². The van der Waals surface area contributed by atoms with Crippen LogP contribution < -0.4 is 10.1 Å². The predicted molar refractivity (Wildman–Crippen MR) is 108 cm³/mol. The number of para-hydroxylation sites is 1. The van der Waals surface area contributed by atoms with Crippen LogP contribution in [0.25, 0.3) is 22.2 Å². The Morgan fingerprint density at radius 3 is 2.50 bits per heavy atom. The van der Waals surface area contributed by atoms with E-state index in [1.807, 2.05) is 55.5 Å². The number of amides is 1. The van der Waals surface area contributed by atoms with Crippen molar-refractivity contribution < 1.29 is 19.4 Å². The second-order valence-corrected chi connectivity index (χ2v) is 6.45. The number of benzene rings is 2. The maximum Gasteiger partial charge on any atom is 0.326 e. The van der Waals surface area contributed by atoms with Gasteiger partial charge in [0.2, 0.25) is 0 Å². The summed E-state index contributed by atoms with van der Waals surface area (Å²) in [6.07, 6.45) is 1.03. The van der Waals surface area contributed by atoms with Crippen LogP contribution in [-0.2, 0) is 4.79 Å². The third-order valence-corrected chi connectivity index (χ3v) is 4.53. The number of aliphatic carboxylic acids is 1. The topological polar surface area (TPSA) is 88.5 Å². The lowest BCUT2D eigenvalue weighted by Crippen LogP contribution is -2.40. The Morgan fingerprint density at radius 2 is 1.86 bits per heavy atom. The molecule has 6 heteroatoms. The number of carboxylic acid groups (broad SMARTS) is 1. The number of methoxy groups -OCH3 is 1. The van der Waals surface area contributed by atoms with Crippen molar-refractivity contribution in [2.24, 2.45) is 0 Å². The standard InChI is InChI=1S/C22H22N2O4/c1-3-6-19(22(26)27)24-21(25)17-13-20(14-9-11-15(28-2)12-10-14)23-18-8-5-4-7-16(17)18/h4-5,7-13,19H,3,6H2,1-2H3,(H,24,25)(H,26,27). The Labute approximate surface area is 163 Å². The highest BCUT2D eigenvalue weighted by atomic mass is 16.5. The van der Waals surface area contributed by atoms with Gasteiger partial charge in [0.15, 0.2) is 0 Å². The molecule has 1 unspecified atom stereocenters. The molecule has 3 aromatic rings. The lowest BCUT2D eigenvalue weighted by atomic mass is 10.0. The molecule has 3 rings (SSSR count). The van der Waals surface area contributed by atoms with E-state index in [-0.39, 0.29) is 0 Å². The predicted octanol–water partition coefficient (Wildman–Crippen LogP) is 3.89. The van der Waals surface area contributed by atoms with E-state index in [0.717, 1.165) is 11.3 Å². The zero-order valence-electron chi connectivity index (χ0n) is 15.8. The number of pyridine rings is 1. The summed E-state index contributed by atoms with van der Waals surface area (Å²) in [7, 11) is 1.60. The van der Waals surface area contributed by atoms with E-state index in [1.165, 1.54) is 0 Å². The highest BCUT2D eigenvalue weighted by Gasteiger charge is 2.21. The zero-order valence-corrected chi connectivity index (χ0v) is 15.8. The lowest BCUT2D eigenvalue weighted by Gasteiger charge is -2.15. The van der Waals surface area contributed by atoms with Crippen LogP contribution in [0.3, 0.4) is 0 Å². The van der Waals surface area contributed by atoms with Crippen molar-refractivity contribution in [2.75, 3.05) is 7.11 Å². The summed E-state index contributed by atoms with van der Waals surface area (Å²) in [6.45, 7) is 1.88. The van der Waals surface area contributed by atoms with Gasteiger partial charge in [-0.05, 0) is 42.8 Å². The van der Waals surface area contributed by atoms with Gasteiger partial charge in [-0.15, -0.1) is 0 Å². The van der Waals surface area contributed by atoms with Gasteiger partial charge in [0, 0.05) is 10.9 Å². The van der Waals surface area contributed by atoms with Gasteiger partial charge in [-0.3, -0.25) is 4.79 Å². The van der Waals surface area contributed by atoms with E-state index in [1.54, 1.807) is 13.2 Å². The zero-order chi connectivity index (χ0) is 20.1. The first-order chi connectivity index (χ1) is 13.5. The molecule has 0 saturated carbocycles. The maximum atomic E-state index is 12.9. The quantitative estimate of drug-likeness (QED) is 0.651. The number of rotatable bonds is 7. The van der Waals surface area contributed by atoms with Crippen molar-refractivity contribution >= 4 is 22.8 Å². The van der Waals surface area contributed by atoms with Gasteiger partial charge in [0.1, 0.15) is 11.8 Å². The first-order valence-electron chi connectivity index (χ1n) is 9.11. The van der Waals surface area contributed by atoms with E-state index < -0.39 is 17.9 Å². The second kappa shape index (κ2) is 8.52. The Hall–Kier alpha value is -3.41. The number of ether oxygens (including phenoxy) is 1. The number of hydrogen-bond acceptors (Lipinski definition) is 4. The average Bonchev–Trinajstić information content (AvgIpc) is 2.72. The first kappa shape index (κ1) is 19.4. The number of aromatic nitrogens is 1. The number of fused-ring (bicyclic) bond motifs is 1. The second-order valence-electron chi connectivity index (χ2n) is 6.45. The summed E-state index contributed by atoms with van der Waals surface area (Å²) in [4.78, 5) is 29.0. The summed E-state index contributed by atoms with van der Waals surface area (Å²) in [5.41, 5.74) is 2.54. The molecule has 2 aromatic carbocycles. The van der Waals surface area contributed by atoms with E-state index in [0.29, 0.717) is 35.0 Å². The molecule has 0 aliphatic heterocycles. The molecule has 0 radical (unpaired) electrons. The molecule has 1 atom stereocenters. The van der Waals surface area contributed by atoms with Gasteiger partial charge in [-0.2, -0.15) is 0 Å². The van der Waals surface area contributed by atoms with Crippen LogP contribution in [0.5, 0.6) is 5.75 Å². The van der Waals surface area contributed by atoms with Crippen molar-refractivity contribution in [1.82, 2.24) is 10.3 Å². The first-order valence-corrected chi connectivity index (χ1v) is 9.11. The van der Waals surface area contributed by atoms with Crippen LogP contribution in [0, 0.1) is 0 Å². The normalized spacial score (nSPS) is 11.8. The van der Waals surface area contributed by atoms with E-state index >= 15 is 0 Å². The smallest absolute Gasteiger partial charge is 0.326 e. The van der Waals surface area contributed by atoms with Crippen LogP contribution in [0.15, 0.2) is 54.6 Å². The van der Waals surface area contributed by atoms with Crippen LogP contribution in [-0.4, -0.2) is 35.1 Å². The fourth-order valence-corrected chi connectivity index (χ4v) is 3.05. The van der Waals surface area contributed by atoms with Gasteiger partial charge in [-0.1, -0.05) is 31.5 Å². The molecule has 0 aliphatic carbocycles. The highest BCUT2D eigenvalue weighted by molar-refractivity contribution is 6.08. The molecule has 0 spiro atoms. The summed E-state index contributed by atoms with van der Waals surface area (Å²) in [6, 6.07) is 15.5. The van der Waals surface area contributed by atoms with Gasteiger partial charge in [-0.25, -0.2) is 9.78 Å². The van der Waals surface area contributed by atoms with E-state index in [2.05, 4.69) is 10.3 Å². The number of nitrogens with zero attached hydrogens (tertiary/aromatic N) is 1. The van der Waals surface area contributed by atoms with E-state index in [4.69, 9.17) is 4.74 Å². The molecule has 1 amide bonds. The van der Waals surface area contributed by atoms with Gasteiger partial charge in [0.05, 0.1) is 23.9 Å². The van der Waals surface area contributed by atoms with Crippen molar-refractivity contribution in [2.45, 2.75) is 25.8 Å². The number of hydrogen-bond donors (Lipinski definition) is 2. The number of nitrogens with one attached hydrogen (secondary N) is 1. The third-order valence-electron chi connectivity index (χ3n) is 4.53. The summed E-state index contributed by atoms with van der Waals surface area (Å²) >= 11 is 0. The summed E-state index contributed by atoms with van der Waals surface area (Å²) < 4.78 is 5.19. The Bertz CT molecular complexity index is 999. The molecule has 144 valence electrons. The van der Waals surface area contributed by atoms with Crippen LogP contribution in [0.1, 0.15) is 30.1 Å². The minimum Gasteiger partial charge on any atom is -0.497 e. The van der Waals surface area contributed by atoms with Gasteiger partial charge >= 0.3 is 5.97 Å². The molecule has 6 nitrogen and oxygen atoms in total. The SMILES string of the molecule is CCCC(NC(=O)c1cc(-c2ccc(OC)cc2)nc2ccccc12)C(=O)O. The van der Waals surface area contributed by atoms with Crippen molar-refractivity contribution in [3.63, 3.8) is 0 Å². The van der Waals surface area contributed by atoms with Crippen LogP contribution in [0.4, 0.5) is 0 Å². The van der Waals surface area contributed by atoms with Crippen molar-refractivity contribution in [3.05, 3.63) is 60.2 Å². The molecule has 0 fully saturated rings. The molecule has 2 N–H and O–H groups in total. The molecule has 0 bridgehead atoms. The number of carbonyl (C=O) groups excluding carboxylic acids is 1. The van der Waals surface area contributed by atoms with Crippen LogP contribution >= 0.6 is 0 Å². The molecular weight excluding hydrogens is 356 g/mol. The molecule has 0 aliphatic rings. The fraction of sp³-hybridized carbons (Fsp3) is 0.227. The van der Waals surface area contributed by atoms with E-state index in [9.17, 15) is 14.7 Å². The summed E-state index contributed by atoms with van der Waals surface area (Å²) in [5.74, 6) is -0.732. The molecular formula is C22H22N2O4. The number of carboxylic acids is 1. The van der Waals surface area contributed by atoms with Crippen molar-refractivity contribution in [1.29, 1.82) is 0 Å². The Kier molecular flexibility index (Phi) is 5.89. The molecule has 28 heavy (non-hydrogen) atoms. The van der Waals surface area contributed by atoms with Crippen molar-refractivity contribution in [3.8, 4) is 17.0 Å². The maximum absolute atomic E-state index is 12.9. The minimum atomic E-state index is -1.04. The molecule has 0 saturated heterocycles. The fourth-order valence-electron chi connectivity index (χ4n) is 3.05. The average molecular weight is 378 g/mol. The Morgan fingerprint density at radius 1 is 1.14 bits per heavy atom. The largest absolute Gasteiger partial charge is 0.497 e. The Balaban J connectivity index is 2.04. The minimum absolute atomic E-state index is 0.370. The number of carbonyl (C=O) groups is 2. The van der Waals surface area contributed by atoms with Gasteiger partial charge < -0.3 is 15.2 Å². The highest BCUT2D eigenvalue weighted by Crippen LogP contribution is 2.26. The monoisotopic (exact) mass is 378 g/mol. The lowest BCUT2D eigenvalue weighted by molar-refractivity contribution is -0.139. The van der Waals surface area contributed by atoms with Crippen LogP contribution in [0.2, 0.25) is 0 Å². The molecule has 1 aromatic heterocycles.